The maximum Gasteiger partial charge on any atom is 0.222 e. The second-order valence-corrected chi connectivity index (χ2v) is 5.88. The lowest BCUT2D eigenvalue weighted by atomic mass is 10.1. The summed E-state index contributed by atoms with van der Waals surface area (Å²) in [5, 5.41) is 2.85. The van der Waals surface area contributed by atoms with Crippen LogP contribution in [0.1, 0.15) is 45.2 Å². The summed E-state index contributed by atoms with van der Waals surface area (Å²) < 4.78 is 5.62. The van der Waals surface area contributed by atoms with Crippen LogP contribution >= 0.6 is 12.4 Å². The summed E-state index contributed by atoms with van der Waals surface area (Å²) in [5.74, 6) is 0.593. The zero-order valence-corrected chi connectivity index (χ0v) is 14.6. The van der Waals surface area contributed by atoms with Crippen molar-refractivity contribution >= 4 is 18.3 Å². The Morgan fingerprint density at radius 3 is 2.45 bits per heavy atom. The van der Waals surface area contributed by atoms with Gasteiger partial charge < -0.3 is 15.8 Å². The van der Waals surface area contributed by atoms with Gasteiger partial charge in [0.15, 0.2) is 0 Å². The first kappa shape index (κ1) is 20.9. The summed E-state index contributed by atoms with van der Waals surface area (Å²) in [4.78, 5) is 11.7. The first-order valence-electron chi connectivity index (χ1n) is 7.68. The van der Waals surface area contributed by atoms with E-state index >= 15 is 0 Å². The second kappa shape index (κ2) is 11.5. The number of rotatable bonds is 9. The lowest BCUT2D eigenvalue weighted by Gasteiger charge is -2.16. The van der Waals surface area contributed by atoms with Gasteiger partial charge in [0.25, 0.3) is 0 Å². The van der Waals surface area contributed by atoms with E-state index < -0.39 is 0 Å². The number of halogens is 1. The van der Waals surface area contributed by atoms with Crippen LogP contribution in [0.2, 0.25) is 0 Å². The van der Waals surface area contributed by atoms with E-state index in [0.29, 0.717) is 25.5 Å². The van der Waals surface area contributed by atoms with Crippen molar-refractivity contribution in [2.24, 2.45) is 11.7 Å². The van der Waals surface area contributed by atoms with E-state index in [-0.39, 0.29) is 30.5 Å². The molecule has 1 aromatic carbocycles. The summed E-state index contributed by atoms with van der Waals surface area (Å²) in [6.07, 6.45) is 1.59. The van der Waals surface area contributed by atoms with Crippen molar-refractivity contribution in [3.63, 3.8) is 0 Å². The number of carbonyl (C=O) groups excluding carboxylic acids is 1. The summed E-state index contributed by atoms with van der Waals surface area (Å²) in [5.41, 5.74) is 7.06. The molecule has 0 spiro atoms. The highest BCUT2D eigenvalue weighted by Crippen LogP contribution is 2.09. The molecule has 0 aliphatic rings. The highest BCUT2D eigenvalue weighted by Gasteiger charge is 2.09. The molecule has 1 rings (SSSR count). The number of carbonyl (C=O) groups is 1. The predicted molar refractivity (Wildman–Crippen MR) is 93.1 cm³/mol. The molecule has 4 nitrogen and oxygen atoms in total. The number of amides is 1. The fourth-order valence-electron chi connectivity index (χ4n) is 2.21. The highest BCUT2D eigenvalue weighted by molar-refractivity contribution is 5.85. The monoisotopic (exact) mass is 328 g/mol. The summed E-state index contributed by atoms with van der Waals surface area (Å²) in [6.45, 7) is 7.28. The van der Waals surface area contributed by atoms with Crippen molar-refractivity contribution in [2.75, 3.05) is 13.2 Å². The van der Waals surface area contributed by atoms with Crippen LogP contribution in [0.3, 0.4) is 0 Å². The lowest BCUT2D eigenvalue weighted by Crippen LogP contribution is -2.32. The van der Waals surface area contributed by atoms with Gasteiger partial charge in [-0.3, -0.25) is 4.79 Å². The van der Waals surface area contributed by atoms with Crippen LogP contribution in [-0.2, 0) is 9.53 Å². The van der Waals surface area contributed by atoms with E-state index in [9.17, 15) is 4.79 Å². The minimum atomic E-state index is -0.170. The van der Waals surface area contributed by atoms with E-state index in [2.05, 4.69) is 19.2 Å². The number of nitrogens with two attached hydrogens (primary N) is 1. The standard InChI is InChI=1S/C17H28N2O2.ClH/c1-13(2)11-14(3)21-10-9-17(20)19-12-16(18)15-7-5-4-6-8-15;/h4-8,13-14,16H,9-12,18H2,1-3H3,(H,19,20);1H. The molecule has 0 saturated heterocycles. The molecule has 0 aromatic heterocycles. The Bertz CT molecular complexity index is 412. The van der Waals surface area contributed by atoms with Crippen molar-refractivity contribution in [1.29, 1.82) is 0 Å². The minimum absolute atomic E-state index is 0. The molecule has 1 aromatic rings. The number of hydrogen-bond donors (Lipinski definition) is 2. The van der Waals surface area contributed by atoms with Crippen LogP contribution in [0.5, 0.6) is 0 Å². The van der Waals surface area contributed by atoms with Gasteiger partial charge in [0.05, 0.1) is 12.7 Å². The van der Waals surface area contributed by atoms with Crippen molar-refractivity contribution in [1.82, 2.24) is 5.32 Å². The average Bonchev–Trinajstić information content (AvgIpc) is 2.45. The molecule has 2 unspecified atom stereocenters. The zero-order chi connectivity index (χ0) is 15.7. The van der Waals surface area contributed by atoms with Gasteiger partial charge in [0.1, 0.15) is 0 Å². The molecule has 0 fully saturated rings. The molecule has 22 heavy (non-hydrogen) atoms. The summed E-state index contributed by atoms with van der Waals surface area (Å²) >= 11 is 0. The van der Waals surface area contributed by atoms with Gasteiger partial charge in [-0.15, -0.1) is 12.4 Å². The first-order chi connectivity index (χ1) is 9.99. The van der Waals surface area contributed by atoms with E-state index in [1.54, 1.807) is 0 Å². The van der Waals surface area contributed by atoms with Crippen molar-refractivity contribution in [2.45, 2.75) is 45.8 Å². The summed E-state index contributed by atoms with van der Waals surface area (Å²) in [6, 6.07) is 9.60. The van der Waals surface area contributed by atoms with Crippen molar-refractivity contribution in [3.8, 4) is 0 Å². The molecule has 126 valence electrons. The van der Waals surface area contributed by atoms with Gasteiger partial charge in [-0.25, -0.2) is 0 Å². The molecule has 1 amide bonds. The molecule has 0 aliphatic heterocycles. The third kappa shape index (κ3) is 9.03. The molecule has 3 N–H and O–H groups in total. The number of nitrogens with one attached hydrogen (secondary N) is 1. The van der Waals surface area contributed by atoms with Gasteiger partial charge >= 0.3 is 0 Å². The fraction of sp³-hybridized carbons (Fsp3) is 0.588. The third-order valence-electron chi connectivity index (χ3n) is 3.28. The number of ether oxygens (including phenoxy) is 1. The van der Waals surface area contributed by atoms with Crippen LogP contribution in [-0.4, -0.2) is 25.2 Å². The van der Waals surface area contributed by atoms with Gasteiger partial charge in [-0.1, -0.05) is 44.2 Å². The fourth-order valence-corrected chi connectivity index (χ4v) is 2.21. The minimum Gasteiger partial charge on any atom is -0.378 e. The molecule has 0 radical (unpaired) electrons. The van der Waals surface area contributed by atoms with Crippen molar-refractivity contribution < 1.29 is 9.53 Å². The Labute approximate surface area is 140 Å². The average molecular weight is 329 g/mol. The quantitative estimate of drug-likeness (QED) is 0.732. The first-order valence-corrected chi connectivity index (χ1v) is 7.68. The molecule has 2 atom stereocenters. The third-order valence-corrected chi connectivity index (χ3v) is 3.28. The number of hydrogen-bond acceptors (Lipinski definition) is 3. The Balaban J connectivity index is 0.00000441. The number of benzene rings is 1. The molecule has 0 aliphatic carbocycles. The van der Waals surface area contributed by atoms with E-state index in [1.165, 1.54) is 0 Å². The predicted octanol–water partition coefficient (Wildman–Crippen LogP) is 3.07. The maximum absolute atomic E-state index is 11.7. The SMILES string of the molecule is CC(C)CC(C)OCCC(=O)NCC(N)c1ccccc1.Cl. The van der Waals surface area contributed by atoms with Gasteiger partial charge in [0.2, 0.25) is 5.91 Å². The molecular formula is C17H29ClN2O2. The van der Waals surface area contributed by atoms with Crippen LogP contribution < -0.4 is 11.1 Å². The van der Waals surface area contributed by atoms with Gasteiger partial charge in [-0.2, -0.15) is 0 Å². The normalized spacial score (nSPS) is 13.3. The maximum atomic E-state index is 11.7. The van der Waals surface area contributed by atoms with E-state index in [0.717, 1.165) is 12.0 Å². The zero-order valence-electron chi connectivity index (χ0n) is 13.7. The molecule has 0 saturated carbocycles. The largest absolute Gasteiger partial charge is 0.378 e. The topological polar surface area (TPSA) is 64.3 Å². The van der Waals surface area contributed by atoms with E-state index in [4.69, 9.17) is 10.5 Å². The summed E-state index contributed by atoms with van der Waals surface area (Å²) in [7, 11) is 0. The van der Waals surface area contributed by atoms with Gasteiger partial charge in [-0.05, 0) is 24.8 Å². The molecular weight excluding hydrogens is 300 g/mol. The Hall–Kier alpha value is -1.10. The molecule has 5 heteroatoms. The molecule has 0 bridgehead atoms. The molecule has 0 heterocycles. The van der Waals surface area contributed by atoms with Crippen LogP contribution in [0, 0.1) is 5.92 Å². The smallest absolute Gasteiger partial charge is 0.222 e. The van der Waals surface area contributed by atoms with E-state index in [1.807, 2.05) is 37.3 Å². The van der Waals surface area contributed by atoms with Gasteiger partial charge in [0, 0.05) is 19.0 Å². The highest BCUT2D eigenvalue weighted by atomic mass is 35.5. The second-order valence-electron chi connectivity index (χ2n) is 5.88. The Kier molecular flexibility index (Phi) is 10.9. The Morgan fingerprint density at radius 1 is 1.23 bits per heavy atom. The van der Waals surface area contributed by atoms with Crippen LogP contribution in [0.15, 0.2) is 30.3 Å². The van der Waals surface area contributed by atoms with Crippen LogP contribution in [0.25, 0.3) is 0 Å². The van der Waals surface area contributed by atoms with Crippen LogP contribution in [0.4, 0.5) is 0 Å². The Morgan fingerprint density at radius 2 is 1.86 bits per heavy atom. The van der Waals surface area contributed by atoms with Crippen molar-refractivity contribution in [3.05, 3.63) is 35.9 Å². The lowest BCUT2D eigenvalue weighted by molar-refractivity contribution is -0.122.